The standard InChI is InChI=1S/C42H29N3/c1-42(2)35-16-8-6-13-28(35)33-24-34-30-21-22-43-25-39(30)45(41(34)31-15-10-17-36(42)40(31)33)27-19-20-38-32(23-27)29-14-7-9-18-37(29)44(38)26-11-4-3-5-12-26/h3-25H,1-2H3. The average Bonchev–Trinajstić information content (AvgIpc) is 3.60. The molecule has 6 aromatic carbocycles. The fourth-order valence-corrected chi connectivity index (χ4v) is 8.19. The number of hydrogen-bond acceptors (Lipinski definition) is 1. The zero-order valence-corrected chi connectivity index (χ0v) is 25.1. The first-order chi connectivity index (χ1) is 22.1. The molecule has 0 aliphatic heterocycles. The monoisotopic (exact) mass is 575 g/mol. The summed E-state index contributed by atoms with van der Waals surface area (Å²) in [5, 5.41) is 7.60. The third-order valence-corrected chi connectivity index (χ3v) is 10.2. The molecule has 3 heterocycles. The second kappa shape index (κ2) is 8.71. The second-order valence-electron chi connectivity index (χ2n) is 12.8. The molecule has 0 amide bonds. The van der Waals surface area contributed by atoms with E-state index >= 15 is 0 Å². The van der Waals surface area contributed by atoms with Gasteiger partial charge in [0, 0.05) is 49.9 Å². The number of hydrogen-bond donors (Lipinski definition) is 0. The number of aromatic nitrogens is 3. The number of para-hydroxylation sites is 2. The van der Waals surface area contributed by atoms with Crippen LogP contribution in [0.15, 0.2) is 140 Å². The maximum Gasteiger partial charge on any atom is 0.0724 e. The molecule has 0 unspecified atom stereocenters. The highest BCUT2D eigenvalue weighted by molar-refractivity contribution is 6.23. The van der Waals surface area contributed by atoms with Crippen molar-refractivity contribution in [3.8, 4) is 22.5 Å². The molecule has 0 spiro atoms. The molecule has 0 saturated heterocycles. The summed E-state index contributed by atoms with van der Waals surface area (Å²) < 4.78 is 4.82. The zero-order valence-electron chi connectivity index (χ0n) is 25.1. The van der Waals surface area contributed by atoms with Gasteiger partial charge in [-0.05, 0) is 76.2 Å². The third-order valence-electron chi connectivity index (χ3n) is 10.2. The van der Waals surface area contributed by atoms with Crippen LogP contribution in [0.25, 0.3) is 76.9 Å². The first-order valence-corrected chi connectivity index (χ1v) is 15.6. The minimum absolute atomic E-state index is 0.104. The zero-order chi connectivity index (χ0) is 29.9. The summed E-state index contributed by atoms with van der Waals surface area (Å²) in [5.74, 6) is 0. The van der Waals surface area contributed by atoms with Crippen LogP contribution in [-0.4, -0.2) is 14.1 Å². The summed E-state index contributed by atoms with van der Waals surface area (Å²) in [5.41, 5.74) is 12.4. The van der Waals surface area contributed by atoms with Crippen molar-refractivity contribution in [3.05, 3.63) is 151 Å². The fourth-order valence-electron chi connectivity index (χ4n) is 8.19. The van der Waals surface area contributed by atoms with E-state index in [1.54, 1.807) is 0 Å². The van der Waals surface area contributed by atoms with Crippen molar-refractivity contribution in [1.29, 1.82) is 0 Å². The van der Waals surface area contributed by atoms with Gasteiger partial charge in [0.1, 0.15) is 0 Å². The Balaban J connectivity index is 1.35. The first kappa shape index (κ1) is 24.7. The quantitative estimate of drug-likeness (QED) is 0.201. The molecule has 0 fully saturated rings. The van der Waals surface area contributed by atoms with Crippen LogP contribution >= 0.6 is 0 Å². The van der Waals surface area contributed by atoms with Crippen LogP contribution in [-0.2, 0) is 5.41 Å². The second-order valence-corrected chi connectivity index (χ2v) is 12.8. The lowest BCUT2D eigenvalue weighted by Gasteiger charge is -2.35. The van der Waals surface area contributed by atoms with Gasteiger partial charge in [-0.1, -0.05) is 92.7 Å². The Morgan fingerprint density at radius 3 is 2.13 bits per heavy atom. The van der Waals surface area contributed by atoms with E-state index in [4.69, 9.17) is 0 Å². The van der Waals surface area contributed by atoms with Gasteiger partial charge < -0.3 is 9.13 Å². The molecule has 3 heteroatoms. The number of pyridine rings is 1. The van der Waals surface area contributed by atoms with Crippen molar-refractivity contribution in [2.45, 2.75) is 19.3 Å². The maximum absolute atomic E-state index is 4.64. The Morgan fingerprint density at radius 1 is 0.489 bits per heavy atom. The van der Waals surface area contributed by atoms with Crippen LogP contribution in [0, 0.1) is 0 Å². The normalized spacial score (nSPS) is 13.7. The lowest BCUT2D eigenvalue weighted by atomic mass is 9.68. The average molecular weight is 576 g/mol. The summed E-state index contributed by atoms with van der Waals surface area (Å²) in [4.78, 5) is 4.64. The molecule has 0 atom stereocenters. The number of rotatable bonds is 2. The van der Waals surface area contributed by atoms with E-state index in [2.05, 4.69) is 155 Å². The lowest BCUT2D eigenvalue weighted by Crippen LogP contribution is -2.23. The van der Waals surface area contributed by atoms with Crippen LogP contribution in [0.5, 0.6) is 0 Å². The van der Waals surface area contributed by atoms with E-state index in [0.717, 1.165) is 11.2 Å². The van der Waals surface area contributed by atoms with E-state index in [-0.39, 0.29) is 5.41 Å². The summed E-state index contributed by atoms with van der Waals surface area (Å²) in [7, 11) is 0. The van der Waals surface area contributed by atoms with Gasteiger partial charge in [-0.2, -0.15) is 0 Å². The molecule has 3 nitrogen and oxygen atoms in total. The Bertz CT molecular complexity index is 2670. The Labute approximate surface area is 260 Å². The van der Waals surface area contributed by atoms with Crippen LogP contribution in [0.2, 0.25) is 0 Å². The van der Waals surface area contributed by atoms with Gasteiger partial charge in [-0.15, -0.1) is 0 Å². The van der Waals surface area contributed by atoms with Gasteiger partial charge in [0.25, 0.3) is 0 Å². The highest BCUT2D eigenvalue weighted by Gasteiger charge is 2.34. The van der Waals surface area contributed by atoms with Crippen LogP contribution in [0.3, 0.4) is 0 Å². The first-order valence-electron chi connectivity index (χ1n) is 15.6. The molecule has 9 aromatic rings. The van der Waals surface area contributed by atoms with Gasteiger partial charge in [0.2, 0.25) is 0 Å². The topological polar surface area (TPSA) is 22.8 Å². The molecule has 0 N–H and O–H groups in total. The SMILES string of the molecule is CC1(C)c2ccccc2-c2cc3c4ccncc4n(-c4ccc5c(c4)c4ccccc4n5-c4ccccc4)c3c3cccc1c23. The maximum atomic E-state index is 4.64. The summed E-state index contributed by atoms with van der Waals surface area (Å²) >= 11 is 0. The number of nitrogens with zero attached hydrogens (tertiary/aromatic N) is 3. The van der Waals surface area contributed by atoms with Crippen molar-refractivity contribution in [2.75, 3.05) is 0 Å². The Morgan fingerprint density at radius 2 is 1.22 bits per heavy atom. The molecule has 0 saturated carbocycles. The third kappa shape index (κ3) is 3.17. The number of fused-ring (bicyclic) bond motifs is 9. The molecule has 212 valence electrons. The van der Waals surface area contributed by atoms with E-state index in [0.29, 0.717) is 0 Å². The molecule has 1 aliphatic carbocycles. The van der Waals surface area contributed by atoms with Crippen molar-refractivity contribution < 1.29 is 0 Å². The molecule has 3 aromatic heterocycles. The highest BCUT2D eigenvalue weighted by Crippen LogP contribution is 2.51. The fraction of sp³-hybridized carbons (Fsp3) is 0.0714. The predicted octanol–water partition coefficient (Wildman–Crippen LogP) is 10.7. The summed E-state index contributed by atoms with van der Waals surface area (Å²) in [6.07, 6.45) is 3.95. The smallest absolute Gasteiger partial charge is 0.0724 e. The van der Waals surface area contributed by atoms with E-state index in [9.17, 15) is 0 Å². The largest absolute Gasteiger partial charge is 0.309 e. The Hall–Kier alpha value is -5.67. The van der Waals surface area contributed by atoms with Crippen LogP contribution in [0.1, 0.15) is 25.0 Å². The molecule has 45 heavy (non-hydrogen) atoms. The van der Waals surface area contributed by atoms with Crippen LogP contribution in [0.4, 0.5) is 0 Å². The van der Waals surface area contributed by atoms with Crippen molar-refractivity contribution >= 4 is 54.4 Å². The molecule has 0 radical (unpaired) electrons. The Kier molecular flexibility index (Phi) is 4.79. The van der Waals surface area contributed by atoms with Crippen molar-refractivity contribution in [3.63, 3.8) is 0 Å². The molecular formula is C42H29N3. The van der Waals surface area contributed by atoms with Crippen LogP contribution < -0.4 is 0 Å². The molecule has 1 aliphatic rings. The molecule has 10 rings (SSSR count). The van der Waals surface area contributed by atoms with E-state index in [1.165, 1.54) is 76.8 Å². The van der Waals surface area contributed by atoms with Gasteiger partial charge in [0.05, 0.1) is 28.3 Å². The minimum Gasteiger partial charge on any atom is -0.309 e. The lowest BCUT2D eigenvalue weighted by molar-refractivity contribution is 0.645. The van der Waals surface area contributed by atoms with Gasteiger partial charge in [-0.3, -0.25) is 4.98 Å². The van der Waals surface area contributed by atoms with Crippen molar-refractivity contribution in [2.24, 2.45) is 0 Å². The number of benzene rings is 6. The molecule has 0 bridgehead atoms. The van der Waals surface area contributed by atoms with Crippen molar-refractivity contribution in [1.82, 2.24) is 14.1 Å². The predicted molar refractivity (Wildman–Crippen MR) is 188 cm³/mol. The highest BCUT2D eigenvalue weighted by atomic mass is 15.0. The van der Waals surface area contributed by atoms with E-state index < -0.39 is 0 Å². The van der Waals surface area contributed by atoms with Gasteiger partial charge in [0.15, 0.2) is 0 Å². The minimum atomic E-state index is -0.104. The van der Waals surface area contributed by atoms with Gasteiger partial charge in [-0.25, -0.2) is 0 Å². The summed E-state index contributed by atoms with van der Waals surface area (Å²) in [6, 6.07) is 46.8. The van der Waals surface area contributed by atoms with E-state index in [1.807, 2.05) is 12.4 Å². The molecular weight excluding hydrogens is 546 g/mol. The van der Waals surface area contributed by atoms with Gasteiger partial charge >= 0.3 is 0 Å². The summed E-state index contributed by atoms with van der Waals surface area (Å²) in [6.45, 7) is 4.73.